The molecule has 2 aromatic rings. The van der Waals surface area contributed by atoms with Gasteiger partial charge in [0.1, 0.15) is 5.75 Å². The molecule has 5 heteroatoms. The topological polar surface area (TPSA) is 54.5 Å². The molecule has 0 fully saturated rings. The molecule has 1 heterocycles. The number of carbonyl (C=O) groups excluding carboxylic acids is 1. The number of hydrogen-bond donors (Lipinski definition) is 1. The van der Waals surface area contributed by atoms with E-state index in [-0.39, 0.29) is 5.91 Å². The fourth-order valence-corrected chi connectivity index (χ4v) is 2.33. The van der Waals surface area contributed by atoms with Gasteiger partial charge in [-0.1, -0.05) is 12.1 Å². The van der Waals surface area contributed by atoms with E-state index in [0.717, 1.165) is 17.1 Å². The summed E-state index contributed by atoms with van der Waals surface area (Å²) in [6.45, 7) is 7.84. The maximum Gasteiger partial charge on any atom is 0.255 e. The van der Waals surface area contributed by atoms with Crippen molar-refractivity contribution in [3.8, 4) is 5.75 Å². The van der Waals surface area contributed by atoms with Crippen molar-refractivity contribution < 1.29 is 9.53 Å². The van der Waals surface area contributed by atoms with Crippen molar-refractivity contribution in [2.45, 2.75) is 20.8 Å². The van der Waals surface area contributed by atoms with Crippen molar-refractivity contribution in [1.29, 1.82) is 0 Å². The second-order valence-electron chi connectivity index (χ2n) is 4.99. The summed E-state index contributed by atoms with van der Waals surface area (Å²) in [5, 5.41) is 3.27. The number of nitrogens with zero attached hydrogens (tertiary/aromatic N) is 2. The van der Waals surface area contributed by atoms with E-state index in [1.54, 1.807) is 17.3 Å². The van der Waals surface area contributed by atoms with E-state index in [1.165, 1.54) is 0 Å². The Hall–Kier alpha value is -2.56. The monoisotopic (exact) mass is 313 g/mol. The largest absolute Gasteiger partial charge is 0.492 e. The van der Waals surface area contributed by atoms with Crippen molar-refractivity contribution in [2.75, 3.05) is 25.0 Å². The number of amides is 1. The molecule has 5 nitrogen and oxygen atoms in total. The van der Waals surface area contributed by atoms with Gasteiger partial charge in [0.05, 0.1) is 29.7 Å². The standard InChI is InChI=1S/C18H23N3O2/c1-4-21(5-2)18(22)14-11-15(13-19-12-14)20-16-9-7-8-10-17(16)23-6-3/h7-13,20H,4-6H2,1-3H3. The molecule has 1 aromatic carbocycles. The Labute approximate surface area is 137 Å². The van der Waals surface area contributed by atoms with E-state index in [2.05, 4.69) is 10.3 Å². The van der Waals surface area contributed by atoms with Gasteiger partial charge in [-0.2, -0.15) is 0 Å². The molecule has 0 bridgehead atoms. The SMILES string of the molecule is CCOc1ccccc1Nc1cncc(C(=O)N(CC)CC)c1. The summed E-state index contributed by atoms with van der Waals surface area (Å²) in [6.07, 6.45) is 3.29. The minimum absolute atomic E-state index is 0.00996. The van der Waals surface area contributed by atoms with Crippen molar-refractivity contribution >= 4 is 17.3 Å². The van der Waals surface area contributed by atoms with Gasteiger partial charge in [-0.05, 0) is 39.0 Å². The molecule has 23 heavy (non-hydrogen) atoms. The third kappa shape index (κ3) is 4.22. The molecule has 0 spiro atoms. The van der Waals surface area contributed by atoms with Crippen LogP contribution in [0.3, 0.4) is 0 Å². The number of rotatable bonds is 7. The zero-order chi connectivity index (χ0) is 16.7. The van der Waals surface area contributed by atoms with Crippen molar-refractivity contribution in [3.05, 3.63) is 48.3 Å². The molecule has 1 aromatic heterocycles. The first-order chi connectivity index (χ1) is 11.2. The van der Waals surface area contributed by atoms with Crippen LogP contribution in [0.1, 0.15) is 31.1 Å². The Balaban J connectivity index is 2.22. The quantitative estimate of drug-likeness (QED) is 0.846. The minimum Gasteiger partial charge on any atom is -0.492 e. The van der Waals surface area contributed by atoms with Crippen LogP contribution in [0.5, 0.6) is 5.75 Å². The van der Waals surface area contributed by atoms with Gasteiger partial charge in [0.2, 0.25) is 0 Å². The molecule has 0 atom stereocenters. The molecule has 0 radical (unpaired) electrons. The average molecular weight is 313 g/mol. The van der Waals surface area contributed by atoms with Gasteiger partial charge in [-0.3, -0.25) is 9.78 Å². The van der Waals surface area contributed by atoms with E-state index in [1.807, 2.05) is 51.1 Å². The minimum atomic E-state index is -0.00996. The molecule has 2 rings (SSSR count). The summed E-state index contributed by atoms with van der Waals surface area (Å²) in [7, 11) is 0. The summed E-state index contributed by atoms with van der Waals surface area (Å²) in [4.78, 5) is 18.4. The highest BCUT2D eigenvalue weighted by Crippen LogP contribution is 2.27. The van der Waals surface area contributed by atoms with Gasteiger partial charge in [-0.25, -0.2) is 0 Å². The normalized spacial score (nSPS) is 10.2. The summed E-state index contributed by atoms with van der Waals surface area (Å²) in [5.41, 5.74) is 2.19. The maximum atomic E-state index is 12.4. The van der Waals surface area contributed by atoms with E-state index < -0.39 is 0 Å². The van der Waals surface area contributed by atoms with Gasteiger partial charge >= 0.3 is 0 Å². The zero-order valence-electron chi connectivity index (χ0n) is 13.9. The number of aromatic nitrogens is 1. The summed E-state index contributed by atoms with van der Waals surface area (Å²) >= 11 is 0. The Bertz CT molecular complexity index is 654. The molecule has 0 aliphatic heterocycles. The Morgan fingerprint density at radius 3 is 2.61 bits per heavy atom. The van der Waals surface area contributed by atoms with Crippen LogP contribution in [-0.2, 0) is 0 Å². The van der Waals surface area contributed by atoms with Gasteiger partial charge in [-0.15, -0.1) is 0 Å². The van der Waals surface area contributed by atoms with E-state index >= 15 is 0 Å². The van der Waals surface area contributed by atoms with Gasteiger partial charge in [0.25, 0.3) is 5.91 Å². The highest BCUT2D eigenvalue weighted by Gasteiger charge is 2.13. The molecule has 0 saturated heterocycles. The fraction of sp³-hybridized carbons (Fsp3) is 0.333. The predicted molar refractivity (Wildman–Crippen MR) is 92.4 cm³/mol. The molecule has 1 amide bonds. The molecule has 1 N–H and O–H groups in total. The number of para-hydroxylation sites is 2. The summed E-state index contributed by atoms with van der Waals surface area (Å²) < 4.78 is 5.60. The molecular weight excluding hydrogens is 290 g/mol. The number of carbonyl (C=O) groups is 1. The molecule has 0 saturated carbocycles. The Morgan fingerprint density at radius 2 is 1.91 bits per heavy atom. The highest BCUT2D eigenvalue weighted by atomic mass is 16.5. The van der Waals surface area contributed by atoms with Crippen LogP contribution in [0.15, 0.2) is 42.7 Å². The smallest absolute Gasteiger partial charge is 0.255 e. The second kappa shape index (κ2) is 8.17. The first-order valence-corrected chi connectivity index (χ1v) is 7.92. The summed E-state index contributed by atoms with van der Waals surface area (Å²) in [6, 6.07) is 9.52. The van der Waals surface area contributed by atoms with E-state index in [0.29, 0.717) is 25.3 Å². The molecule has 0 unspecified atom stereocenters. The van der Waals surface area contributed by atoms with Gasteiger partial charge in [0.15, 0.2) is 0 Å². The lowest BCUT2D eigenvalue weighted by molar-refractivity contribution is 0.0772. The Morgan fingerprint density at radius 1 is 1.17 bits per heavy atom. The highest BCUT2D eigenvalue weighted by molar-refractivity contribution is 5.95. The number of pyridine rings is 1. The van der Waals surface area contributed by atoms with Crippen LogP contribution in [0.25, 0.3) is 0 Å². The zero-order valence-corrected chi connectivity index (χ0v) is 13.9. The lowest BCUT2D eigenvalue weighted by Crippen LogP contribution is -2.30. The molecule has 122 valence electrons. The first kappa shape index (κ1) is 16.8. The van der Waals surface area contributed by atoms with Crippen LogP contribution in [0, 0.1) is 0 Å². The van der Waals surface area contributed by atoms with Gasteiger partial charge < -0.3 is 15.0 Å². The first-order valence-electron chi connectivity index (χ1n) is 7.92. The van der Waals surface area contributed by atoms with Crippen LogP contribution in [0.4, 0.5) is 11.4 Å². The maximum absolute atomic E-state index is 12.4. The number of ether oxygens (including phenoxy) is 1. The Kier molecular flexibility index (Phi) is 5.97. The molecule has 0 aliphatic rings. The molecule has 0 aliphatic carbocycles. The van der Waals surface area contributed by atoms with E-state index in [9.17, 15) is 4.79 Å². The number of benzene rings is 1. The number of hydrogen-bond acceptors (Lipinski definition) is 4. The third-order valence-electron chi connectivity index (χ3n) is 3.50. The lowest BCUT2D eigenvalue weighted by Gasteiger charge is -2.19. The average Bonchev–Trinajstić information content (AvgIpc) is 2.58. The second-order valence-corrected chi connectivity index (χ2v) is 4.99. The predicted octanol–water partition coefficient (Wildman–Crippen LogP) is 3.71. The summed E-state index contributed by atoms with van der Waals surface area (Å²) in [5.74, 6) is 0.764. The molecular formula is C18H23N3O2. The number of nitrogens with one attached hydrogen (secondary N) is 1. The van der Waals surface area contributed by atoms with Crippen LogP contribution in [0.2, 0.25) is 0 Å². The van der Waals surface area contributed by atoms with Gasteiger partial charge in [0, 0.05) is 19.3 Å². The van der Waals surface area contributed by atoms with Crippen LogP contribution >= 0.6 is 0 Å². The fourth-order valence-electron chi connectivity index (χ4n) is 2.33. The van der Waals surface area contributed by atoms with Crippen molar-refractivity contribution in [1.82, 2.24) is 9.88 Å². The van der Waals surface area contributed by atoms with Crippen LogP contribution < -0.4 is 10.1 Å². The third-order valence-corrected chi connectivity index (χ3v) is 3.50. The van der Waals surface area contributed by atoms with Crippen LogP contribution in [-0.4, -0.2) is 35.5 Å². The van der Waals surface area contributed by atoms with E-state index in [4.69, 9.17) is 4.74 Å². The number of anilines is 2. The van der Waals surface area contributed by atoms with Crippen molar-refractivity contribution in [3.63, 3.8) is 0 Å². The van der Waals surface area contributed by atoms with Crippen molar-refractivity contribution in [2.24, 2.45) is 0 Å². The lowest BCUT2D eigenvalue weighted by atomic mass is 10.2.